The summed E-state index contributed by atoms with van der Waals surface area (Å²) in [6.45, 7) is 6.07. The molecule has 0 aromatic carbocycles. The first-order chi connectivity index (χ1) is 6.88. The van der Waals surface area contributed by atoms with Gasteiger partial charge in [-0.15, -0.1) is 0 Å². The van der Waals surface area contributed by atoms with Crippen LogP contribution in [0.5, 0.6) is 0 Å². The van der Waals surface area contributed by atoms with Crippen molar-refractivity contribution in [2.24, 2.45) is 0 Å². The maximum atomic E-state index is 5.72. The Hall–Kier alpha value is -0.940. The van der Waals surface area contributed by atoms with Crippen LogP contribution in [-0.2, 0) is 11.3 Å². The van der Waals surface area contributed by atoms with E-state index in [1.165, 1.54) is 0 Å². The molecule has 2 rings (SSSR count). The highest BCUT2D eigenvalue weighted by Crippen LogP contribution is 2.13. The zero-order valence-corrected chi connectivity index (χ0v) is 8.44. The summed E-state index contributed by atoms with van der Waals surface area (Å²) in [5, 5.41) is 10.2. The average molecular weight is 196 g/mol. The monoisotopic (exact) mass is 196 g/mol. The summed E-state index contributed by atoms with van der Waals surface area (Å²) < 4.78 is 5.72. The van der Waals surface area contributed by atoms with Crippen molar-refractivity contribution >= 4 is 0 Å². The molecule has 0 aliphatic carbocycles. The molecule has 14 heavy (non-hydrogen) atoms. The Labute approximate surface area is 83.4 Å². The Bertz CT molecular complexity index is 262. The Morgan fingerprint density at radius 1 is 1.71 bits per heavy atom. The van der Waals surface area contributed by atoms with Gasteiger partial charge in [-0.25, -0.2) is 0 Å². The predicted molar refractivity (Wildman–Crippen MR) is 51.7 cm³/mol. The summed E-state index contributed by atoms with van der Waals surface area (Å²) in [5.74, 6) is 0. The predicted octanol–water partition coefficient (Wildman–Crippen LogP) is 0.415. The molecular weight excluding hydrogens is 180 g/mol. The molecule has 1 aromatic rings. The second-order valence-electron chi connectivity index (χ2n) is 3.58. The minimum Gasteiger partial charge on any atom is -0.370 e. The molecule has 1 aromatic heterocycles. The fraction of sp³-hybridized carbons (Fsp3) is 0.778. The number of likely N-dealkylation sites (tertiary alicyclic amines) is 1. The molecule has 5 nitrogen and oxygen atoms in total. The van der Waals surface area contributed by atoms with Gasteiger partial charge in [0.05, 0.1) is 18.9 Å². The average Bonchev–Trinajstić information content (AvgIpc) is 2.86. The number of likely N-dealkylation sites (N-methyl/N-ethyl adjacent to an activating group) is 1. The van der Waals surface area contributed by atoms with Gasteiger partial charge in [-0.3, -0.25) is 0 Å². The highest BCUT2D eigenvalue weighted by Gasteiger charge is 2.21. The number of hydrogen-bond acceptors (Lipinski definition) is 4. The number of hydrogen-bond donors (Lipinski definition) is 1. The van der Waals surface area contributed by atoms with Crippen molar-refractivity contribution in [2.45, 2.75) is 26.1 Å². The van der Waals surface area contributed by atoms with Crippen LogP contribution in [0.25, 0.3) is 0 Å². The van der Waals surface area contributed by atoms with Gasteiger partial charge in [-0.2, -0.15) is 15.4 Å². The number of H-pyrrole nitrogens is 1. The summed E-state index contributed by atoms with van der Waals surface area (Å²) in [6, 6.07) is 0. The van der Waals surface area contributed by atoms with Crippen molar-refractivity contribution in [3.63, 3.8) is 0 Å². The highest BCUT2D eigenvalue weighted by molar-refractivity contribution is 4.88. The van der Waals surface area contributed by atoms with Crippen LogP contribution in [-0.4, -0.2) is 46.0 Å². The van der Waals surface area contributed by atoms with E-state index in [4.69, 9.17) is 4.74 Å². The fourth-order valence-corrected chi connectivity index (χ4v) is 1.72. The first-order valence-corrected chi connectivity index (χ1v) is 5.07. The third kappa shape index (κ3) is 2.30. The second-order valence-corrected chi connectivity index (χ2v) is 3.58. The second kappa shape index (κ2) is 4.52. The van der Waals surface area contributed by atoms with Gasteiger partial charge in [-0.1, -0.05) is 6.92 Å². The Morgan fingerprint density at radius 2 is 2.64 bits per heavy atom. The minimum absolute atomic E-state index is 0.367. The van der Waals surface area contributed by atoms with Crippen LogP contribution in [0.3, 0.4) is 0 Å². The van der Waals surface area contributed by atoms with Gasteiger partial charge in [0.2, 0.25) is 0 Å². The standard InChI is InChI=1S/C9H16N4O/c1-2-13-4-3-9(6-13)14-7-8-5-10-12-11-8/h5,9H,2-4,6-7H2,1H3,(H,10,11,12)/t9-/m0/s1. The zero-order valence-electron chi connectivity index (χ0n) is 8.44. The van der Waals surface area contributed by atoms with Gasteiger partial charge in [-0.05, 0) is 13.0 Å². The van der Waals surface area contributed by atoms with Gasteiger partial charge in [0.1, 0.15) is 5.69 Å². The highest BCUT2D eigenvalue weighted by atomic mass is 16.5. The van der Waals surface area contributed by atoms with Crippen LogP contribution in [0, 0.1) is 0 Å². The molecule has 0 amide bonds. The molecule has 2 heterocycles. The van der Waals surface area contributed by atoms with Crippen LogP contribution < -0.4 is 0 Å². The first-order valence-electron chi connectivity index (χ1n) is 5.07. The van der Waals surface area contributed by atoms with Crippen molar-refractivity contribution < 1.29 is 4.74 Å². The van der Waals surface area contributed by atoms with Crippen molar-refractivity contribution in [1.29, 1.82) is 0 Å². The Kier molecular flexibility index (Phi) is 3.10. The SMILES string of the molecule is CCN1CC[C@H](OCc2cn[nH]n2)C1. The fourth-order valence-electron chi connectivity index (χ4n) is 1.72. The van der Waals surface area contributed by atoms with Gasteiger partial charge in [0.15, 0.2) is 0 Å². The van der Waals surface area contributed by atoms with Gasteiger partial charge in [0.25, 0.3) is 0 Å². The summed E-state index contributed by atoms with van der Waals surface area (Å²) in [5.41, 5.74) is 0.875. The molecule has 1 saturated heterocycles. The topological polar surface area (TPSA) is 54.0 Å². The van der Waals surface area contributed by atoms with Crippen LogP contribution >= 0.6 is 0 Å². The number of ether oxygens (including phenoxy) is 1. The number of aromatic amines is 1. The smallest absolute Gasteiger partial charge is 0.108 e. The molecular formula is C9H16N4O. The molecule has 1 fully saturated rings. The largest absolute Gasteiger partial charge is 0.370 e. The quantitative estimate of drug-likeness (QED) is 0.758. The minimum atomic E-state index is 0.367. The number of nitrogens with one attached hydrogen (secondary N) is 1. The lowest BCUT2D eigenvalue weighted by Crippen LogP contribution is -2.22. The molecule has 78 valence electrons. The van der Waals surface area contributed by atoms with E-state index >= 15 is 0 Å². The maximum Gasteiger partial charge on any atom is 0.108 e. The van der Waals surface area contributed by atoms with E-state index in [0.29, 0.717) is 12.7 Å². The molecule has 1 atom stereocenters. The summed E-state index contributed by atoms with van der Waals surface area (Å²) in [6.07, 6.45) is 3.20. The molecule has 5 heteroatoms. The van der Waals surface area contributed by atoms with Crippen LogP contribution in [0.4, 0.5) is 0 Å². The summed E-state index contributed by atoms with van der Waals surface area (Å²) >= 11 is 0. The van der Waals surface area contributed by atoms with Crippen molar-refractivity contribution in [1.82, 2.24) is 20.3 Å². The van der Waals surface area contributed by atoms with E-state index in [2.05, 4.69) is 27.2 Å². The maximum absolute atomic E-state index is 5.72. The number of aromatic nitrogens is 3. The van der Waals surface area contributed by atoms with Gasteiger partial charge in [0, 0.05) is 13.1 Å². The van der Waals surface area contributed by atoms with Crippen molar-refractivity contribution in [3.8, 4) is 0 Å². The molecule has 0 bridgehead atoms. The third-order valence-corrected chi connectivity index (χ3v) is 2.61. The molecule has 0 spiro atoms. The van der Waals surface area contributed by atoms with E-state index in [0.717, 1.165) is 31.7 Å². The molecule has 1 aliphatic heterocycles. The van der Waals surface area contributed by atoms with Gasteiger partial charge >= 0.3 is 0 Å². The molecule has 0 unspecified atom stereocenters. The normalized spacial score (nSPS) is 23.1. The summed E-state index contributed by atoms with van der Waals surface area (Å²) in [4.78, 5) is 2.40. The number of rotatable bonds is 4. The van der Waals surface area contributed by atoms with E-state index in [1.807, 2.05) is 0 Å². The molecule has 0 radical (unpaired) electrons. The van der Waals surface area contributed by atoms with Crippen LogP contribution in [0.2, 0.25) is 0 Å². The molecule has 1 N–H and O–H groups in total. The van der Waals surface area contributed by atoms with E-state index in [-0.39, 0.29) is 0 Å². The van der Waals surface area contributed by atoms with Crippen LogP contribution in [0.1, 0.15) is 19.0 Å². The summed E-state index contributed by atoms with van der Waals surface area (Å²) in [7, 11) is 0. The van der Waals surface area contributed by atoms with Crippen molar-refractivity contribution in [3.05, 3.63) is 11.9 Å². The Morgan fingerprint density at radius 3 is 3.29 bits per heavy atom. The Balaban J connectivity index is 1.72. The third-order valence-electron chi connectivity index (χ3n) is 2.61. The number of nitrogens with zero attached hydrogens (tertiary/aromatic N) is 3. The van der Waals surface area contributed by atoms with E-state index in [9.17, 15) is 0 Å². The lowest BCUT2D eigenvalue weighted by Gasteiger charge is -2.12. The van der Waals surface area contributed by atoms with Crippen molar-refractivity contribution in [2.75, 3.05) is 19.6 Å². The van der Waals surface area contributed by atoms with E-state index in [1.54, 1.807) is 6.20 Å². The lowest BCUT2D eigenvalue weighted by molar-refractivity contribution is 0.0451. The lowest BCUT2D eigenvalue weighted by atomic mass is 10.3. The van der Waals surface area contributed by atoms with Crippen LogP contribution in [0.15, 0.2) is 6.20 Å². The zero-order chi connectivity index (χ0) is 9.80. The molecule has 1 aliphatic rings. The van der Waals surface area contributed by atoms with E-state index < -0.39 is 0 Å². The molecule has 0 saturated carbocycles. The van der Waals surface area contributed by atoms with Gasteiger partial charge < -0.3 is 9.64 Å². The first kappa shape index (κ1) is 9.61.